The Morgan fingerprint density at radius 3 is 2.53 bits per heavy atom. The molecular formula is C23H19F4N3O4. The molecule has 0 saturated carbocycles. The van der Waals surface area contributed by atoms with E-state index < -0.39 is 29.3 Å². The average Bonchev–Trinajstić information content (AvgIpc) is 3.11. The van der Waals surface area contributed by atoms with Crippen molar-refractivity contribution in [3.63, 3.8) is 0 Å². The summed E-state index contributed by atoms with van der Waals surface area (Å²) in [6.07, 6.45) is -5.28. The van der Waals surface area contributed by atoms with Crippen LogP contribution < -0.4 is 5.63 Å². The minimum Gasteiger partial charge on any atom is -0.423 e. The van der Waals surface area contributed by atoms with Gasteiger partial charge in [-0.25, -0.2) is 13.9 Å². The van der Waals surface area contributed by atoms with E-state index in [9.17, 15) is 32.6 Å². The summed E-state index contributed by atoms with van der Waals surface area (Å²) < 4.78 is 59.3. The van der Waals surface area contributed by atoms with Crippen LogP contribution in [0, 0.1) is 12.7 Å². The summed E-state index contributed by atoms with van der Waals surface area (Å²) >= 11 is 0. The molecule has 34 heavy (non-hydrogen) atoms. The summed E-state index contributed by atoms with van der Waals surface area (Å²) in [5.41, 5.74) is 1.16. The Bertz CT molecular complexity index is 1430. The number of halogens is 4. The number of benzene rings is 2. The maximum Gasteiger partial charge on any atom is 0.443 e. The first-order chi connectivity index (χ1) is 15.9. The number of nitrogens with zero attached hydrogens (tertiary/aromatic N) is 3. The second-order valence-electron chi connectivity index (χ2n) is 7.98. The van der Waals surface area contributed by atoms with Crippen molar-refractivity contribution in [2.75, 3.05) is 0 Å². The number of hydrogen-bond acceptors (Lipinski definition) is 6. The summed E-state index contributed by atoms with van der Waals surface area (Å²) in [5.74, 6) is -6.22. The van der Waals surface area contributed by atoms with Crippen molar-refractivity contribution in [1.82, 2.24) is 15.0 Å². The third-order valence-corrected chi connectivity index (χ3v) is 5.73. The molecule has 0 aliphatic rings. The topological polar surface area (TPSA) is 101 Å². The van der Waals surface area contributed by atoms with Crippen LogP contribution in [0.2, 0.25) is 0 Å². The van der Waals surface area contributed by atoms with Crippen LogP contribution in [0.4, 0.5) is 17.6 Å². The number of aromatic nitrogens is 3. The fourth-order valence-corrected chi connectivity index (χ4v) is 3.73. The van der Waals surface area contributed by atoms with Crippen LogP contribution in [0.5, 0.6) is 0 Å². The van der Waals surface area contributed by atoms with Crippen molar-refractivity contribution in [2.45, 2.75) is 38.3 Å². The quantitative estimate of drug-likeness (QED) is 0.257. The van der Waals surface area contributed by atoms with Crippen molar-refractivity contribution in [2.24, 2.45) is 0 Å². The van der Waals surface area contributed by atoms with Crippen LogP contribution >= 0.6 is 0 Å². The van der Waals surface area contributed by atoms with Gasteiger partial charge in [0.15, 0.2) is 0 Å². The molecule has 0 saturated heterocycles. The predicted octanol–water partition coefficient (Wildman–Crippen LogP) is 3.89. The molecule has 7 nitrogen and oxygen atoms in total. The maximum atomic E-state index is 13.7. The lowest BCUT2D eigenvalue weighted by atomic mass is 9.95. The minimum atomic E-state index is -5.28. The Hall–Kier alpha value is -3.57. The maximum absolute atomic E-state index is 13.7. The van der Waals surface area contributed by atoms with Crippen molar-refractivity contribution in [1.29, 1.82) is 0 Å². The predicted molar refractivity (Wildman–Crippen MR) is 113 cm³/mol. The van der Waals surface area contributed by atoms with Gasteiger partial charge in [0.1, 0.15) is 11.4 Å². The number of alkyl halides is 3. The molecule has 2 N–H and O–H groups in total. The van der Waals surface area contributed by atoms with Gasteiger partial charge in [-0.3, -0.25) is 0 Å². The zero-order valence-electron chi connectivity index (χ0n) is 18.0. The average molecular weight is 477 g/mol. The molecule has 2 aromatic heterocycles. The van der Waals surface area contributed by atoms with Gasteiger partial charge in [-0.2, -0.15) is 13.2 Å². The van der Waals surface area contributed by atoms with E-state index in [2.05, 4.69) is 10.3 Å². The molecule has 2 heterocycles. The molecule has 4 aromatic rings. The highest BCUT2D eigenvalue weighted by Crippen LogP contribution is 2.39. The van der Waals surface area contributed by atoms with Crippen LogP contribution in [0.25, 0.3) is 22.1 Å². The molecule has 0 amide bonds. The lowest BCUT2D eigenvalue weighted by Gasteiger charge is -2.29. The molecule has 4 rings (SSSR count). The van der Waals surface area contributed by atoms with Gasteiger partial charge in [-0.05, 0) is 41.8 Å². The summed E-state index contributed by atoms with van der Waals surface area (Å²) in [6, 6.07) is 12.0. The number of fused-ring (bicyclic) bond motifs is 1. The molecule has 0 bridgehead atoms. The molecule has 0 aliphatic heterocycles. The van der Waals surface area contributed by atoms with E-state index in [1.165, 1.54) is 35.9 Å². The highest BCUT2D eigenvalue weighted by molar-refractivity contribution is 5.93. The Balaban J connectivity index is 1.69. The van der Waals surface area contributed by atoms with Crippen molar-refractivity contribution < 1.29 is 32.2 Å². The van der Waals surface area contributed by atoms with Gasteiger partial charge >= 0.3 is 11.8 Å². The molecule has 0 fully saturated rings. The third-order valence-electron chi connectivity index (χ3n) is 5.73. The first-order valence-electron chi connectivity index (χ1n) is 10.1. The summed E-state index contributed by atoms with van der Waals surface area (Å²) in [4.78, 5) is 12.1. The lowest BCUT2D eigenvalue weighted by Crippen LogP contribution is -2.49. The van der Waals surface area contributed by atoms with Crippen molar-refractivity contribution in [3.05, 3.63) is 81.7 Å². The smallest absolute Gasteiger partial charge is 0.423 e. The normalized spacial score (nSPS) is 13.4. The summed E-state index contributed by atoms with van der Waals surface area (Å²) in [6.45, 7) is 2.51. The van der Waals surface area contributed by atoms with Crippen LogP contribution in [0.1, 0.15) is 29.8 Å². The van der Waals surface area contributed by atoms with Crippen LogP contribution in [0.15, 0.2) is 57.7 Å². The van der Waals surface area contributed by atoms with Gasteiger partial charge in [-0.1, -0.05) is 36.4 Å². The SMILES string of the molecule is Cc1c(C(C)C(O)(O)C(F)(F)F)nnn1Cc1ccc2c(-c3cccc(F)c3)cc(=O)oc2c1. The summed E-state index contributed by atoms with van der Waals surface area (Å²) in [7, 11) is 0. The largest absolute Gasteiger partial charge is 0.443 e. The van der Waals surface area contributed by atoms with E-state index in [0.717, 1.165) is 6.92 Å². The van der Waals surface area contributed by atoms with Crippen LogP contribution in [0.3, 0.4) is 0 Å². The monoisotopic (exact) mass is 477 g/mol. The fraction of sp³-hybridized carbons (Fsp3) is 0.261. The van der Waals surface area contributed by atoms with Crippen LogP contribution in [-0.2, 0) is 6.54 Å². The molecule has 1 atom stereocenters. The van der Waals surface area contributed by atoms with Gasteiger partial charge in [0.05, 0.1) is 23.9 Å². The Morgan fingerprint density at radius 1 is 1.12 bits per heavy atom. The summed E-state index contributed by atoms with van der Waals surface area (Å²) in [5, 5.41) is 27.3. The zero-order valence-corrected chi connectivity index (χ0v) is 18.0. The fourth-order valence-electron chi connectivity index (χ4n) is 3.73. The van der Waals surface area contributed by atoms with E-state index in [1.54, 1.807) is 24.3 Å². The Labute approximate surface area is 189 Å². The molecule has 2 aromatic carbocycles. The van der Waals surface area contributed by atoms with Gasteiger partial charge < -0.3 is 14.6 Å². The molecule has 1 unspecified atom stereocenters. The highest BCUT2D eigenvalue weighted by atomic mass is 19.4. The standard InChI is InChI=1S/C23H19F4N3O4/c1-12(22(32,33)23(25,26)27)21-13(2)30(29-28-21)11-14-6-7-17-18(10-20(31)34-19(17)8-14)15-4-3-5-16(24)9-15/h3-10,12,32-33H,11H2,1-2H3. The first-order valence-corrected chi connectivity index (χ1v) is 10.1. The van der Waals surface area contributed by atoms with Gasteiger partial charge in [0.2, 0.25) is 0 Å². The molecular weight excluding hydrogens is 458 g/mol. The van der Waals surface area contributed by atoms with Gasteiger partial charge in [-0.15, -0.1) is 5.10 Å². The van der Waals surface area contributed by atoms with E-state index >= 15 is 0 Å². The highest BCUT2D eigenvalue weighted by Gasteiger charge is 2.57. The molecule has 0 spiro atoms. The van der Waals surface area contributed by atoms with Crippen molar-refractivity contribution in [3.8, 4) is 11.1 Å². The number of rotatable bonds is 5. The van der Waals surface area contributed by atoms with E-state index in [0.29, 0.717) is 22.1 Å². The van der Waals surface area contributed by atoms with E-state index in [1.807, 2.05) is 0 Å². The van der Waals surface area contributed by atoms with Crippen LogP contribution in [-0.4, -0.2) is 37.2 Å². The van der Waals surface area contributed by atoms with Crippen molar-refractivity contribution >= 4 is 11.0 Å². The third kappa shape index (κ3) is 4.19. The molecule has 0 aliphatic carbocycles. The second kappa shape index (κ2) is 8.33. The molecule has 0 radical (unpaired) electrons. The number of hydrogen-bond donors (Lipinski definition) is 2. The Kier molecular flexibility index (Phi) is 5.78. The van der Waals surface area contributed by atoms with Gasteiger partial charge in [0.25, 0.3) is 5.79 Å². The zero-order chi connectivity index (χ0) is 24.8. The Morgan fingerprint density at radius 2 is 1.85 bits per heavy atom. The number of aliphatic hydroxyl groups is 2. The first kappa shape index (κ1) is 23.6. The lowest BCUT2D eigenvalue weighted by molar-refractivity contribution is -0.357. The minimum absolute atomic E-state index is 0.0608. The molecule has 11 heteroatoms. The molecule has 178 valence electrons. The van der Waals surface area contributed by atoms with E-state index in [-0.39, 0.29) is 23.5 Å². The van der Waals surface area contributed by atoms with Gasteiger partial charge in [0, 0.05) is 11.5 Å². The second-order valence-corrected chi connectivity index (χ2v) is 7.98. The van der Waals surface area contributed by atoms with E-state index in [4.69, 9.17) is 4.42 Å².